The summed E-state index contributed by atoms with van der Waals surface area (Å²) in [6.45, 7) is 0.567. The molecule has 0 N–H and O–H groups in total. The number of rotatable bonds is 5. The summed E-state index contributed by atoms with van der Waals surface area (Å²) in [6, 6.07) is 10.3. The summed E-state index contributed by atoms with van der Waals surface area (Å²) < 4.78 is 5.43. The Bertz CT molecular complexity index is 296. The van der Waals surface area contributed by atoms with Gasteiger partial charge in [-0.3, -0.25) is 4.79 Å². The van der Waals surface area contributed by atoms with Gasteiger partial charge in [-0.05, 0) is 24.6 Å². The van der Waals surface area contributed by atoms with Crippen LogP contribution in [-0.4, -0.2) is 31.5 Å². The summed E-state index contributed by atoms with van der Waals surface area (Å²) in [5, 5.41) is 0. The number of ether oxygens (including phenoxy) is 1. The molecule has 1 amide bonds. The van der Waals surface area contributed by atoms with E-state index in [1.54, 1.807) is 25.1 Å². The lowest BCUT2D eigenvalue weighted by molar-refractivity contribution is -0.128. The minimum atomic E-state index is 0.137. The summed E-state index contributed by atoms with van der Waals surface area (Å²) in [6.07, 6.45) is 1.27. The van der Waals surface area contributed by atoms with Crippen LogP contribution >= 0.6 is 0 Å². The summed E-state index contributed by atoms with van der Waals surface area (Å²) in [7, 11) is 3.52. The van der Waals surface area contributed by atoms with Gasteiger partial charge in [-0.2, -0.15) is 0 Å². The van der Waals surface area contributed by atoms with Crippen LogP contribution in [0.1, 0.15) is 12.8 Å². The Morgan fingerprint density at radius 3 is 2.93 bits per heavy atom. The van der Waals surface area contributed by atoms with Crippen molar-refractivity contribution < 1.29 is 9.53 Å². The minimum Gasteiger partial charge on any atom is -0.494 e. The predicted octanol–water partition coefficient (Wildman–Crippen LogP) is 1.73. The highest BCUT2D eigenvalue weighted by Crippen LogP contribution is 2.08. The monoisotopic (exact) mass is 206 g/mol. The molecular weight excluding hydrogens is 190 g/mol. The van der Waals surface area contributed by atoms with Crippen LogP contribution in [0.3, 0.4) is 0 Å². The Balaban J connectivity index is 2.15. The normalized spacial score (nSPS) is 9.73. The van der Waals surface area contributed by atoms with Crippen molar-refractivity contribution >= 4 is 5.91 Å². The maximum atomic E-state index is 11.2. The molecule has 0 fully saturated rings. The molecule has 1 aromatic rings. The topological polar surface area (TPSA) is 29.5 Å². The second kappa shape index (κ2) is 6.06. The smallest absolute Gasteiger partial charge is 0.222 e. The SMILES string of the molecule is CN(C)C(=O)CCCOc1c[c]ccc1. The summed E-state index contributed by atoms with van der Waals surface area (Å²) in [5.74, 6) is 0.938. The number of carbonyl (C=O) groups is 1. The first-order chi connectivity index (χ1) is 7.20. The molecule has 0 bridgehead atoms. The lowest BCUT2D eigenvalue weighted by atomic mass is 10.3. The van der Waals surface area contributed by atoms with E-state index in [0.717, 1.165) is 12.2 Å². The van der Waals surface area contributed by atoms with Gasteiger partial charge in [-0.25, -0.2) is 0 Å². The van der Waals surface area contributed by atoms with Gasteiger partial charge in [0.25, 0.3) is 0 Å². The molecule has 1 rings (SSSR count). The van der Waals surface area contributed by atoms with Gasteiger partial charge in [0.05, 0.1) is 6.61 Å². The molecule has 0 aliphatic heterocycles. The van der Waals surface area contributed by atoms with E-state index in [4.69, 9.17) is 4.74 Å². The summed E-state index contributed by atoms with van der Waals surface area (Å²) >= 11 is 0. The molecule has 0 heterocycles. The summed E-state index contributed by atoms with van der Waals surface area (Å²) in [4.78, 5) is 12.8. The first-order valence-corrected chi connectivity index (χ1v) is 4.99. The Kier molecular flexibility index (Phi) is 4.68. The van der Waals surface area contributed by atoms with Crippen molar-refractivity contribution in [1.82, 2.24) is 4.90 Å². The third-order valence-corrected chi connectivity index (χ3v) is 1.98. The number of benzene rings is 1. The van der Waals surface area contributed by atoms with E-state index in [0.29, 0.717) is 13.0 Å². The highest BCUT2D eigenvalue weighted by atomic mass is 16.5. The van der Waals surface area contributed by atoms with Gasteiger partial charge in [-0.15, -0.1) is 0 Å². The quantitative estimate of drug-likeness (QED) is 0.687. The molecular formula is C12H16NO2. The maximum absolute atomic E-state index is 11.2. The molecule has 1 radical (unpaired) electrons. The van der Waals surface area contributed by atoms with Gasteiger partial charge in [0.2, 0.25) is 5.91 Å². The standard InChI is InChI=1S/C12H16NO2/c1-13(2)12(14)9-6-10-15-11-7-4-3-5-8-11/h3-4,7-8H,6,9-10H2,1-2H3. The molecule has 3 heteroatoms. The van der Waals surface area contributed by atoms with Crippen molar-refractivity contribution in [3.8, 4) is 5.75 Å². The second-order valence-corrected chi connectivity index (χ2v) is 3.48. The fourth-order valence-electron chi connectivity index (χ4n) is 1.10. The molecule has 0 saturated carbocycles. The van der Waals surface area contributed by atoms with E-state index in [1.807, 2.05) is 18.2 Å². The second-order valence-electron chi connectivity index (χ2n) is 3.48. The average molecular weight is 206 g/mol. The first-order valence-electron chi connectivity index (χ1n) is 4.99. The largest absolute Gasteiger partial charge is 0.494 e. The molecule has 3 nitrogen and oxygen atoms in total. The van der Waals surface area contributed by atoms with Crippen LogP contribution in [0.15, 0.2) is 24.3 Å². The number of amides is 1. The Morgan fingerprint density at radius 2 is 2.33 bits per heavy atom. The van der Waals surface area contributed by atoms with E-state index in [1.165, 1.54) is 0 Å². The van der Waals surface area contributed by atoms with Crippen LogP contribution in [0.2, 0.25) is 0 Å². The number of hydrogen-bond donors (Lipinski definition) is 0. The first kappa shape index (κ1) is 11.6. The van der Waals surface area contributed by atoms with Crippen LogP contribution < -0.4 is 4.74 Å². The molecule has 81 valence electrons. The predicted molar refractivity (Wildman–Crippen MR) is 58.7 cm³/mol. The highest BCUT2D eigenvalue weighted by molar-refractivity contribution is 5.75. The minimum absolute atomic E-state index is 0.137. The van der Waals surface area contributed by atoms with Gasteiger partial charge in [0, 0.05) is 20.5 Å². The molecule has 0 atom stereocenters. The fourth-order valence-corrected chi connectivity index (χ4v) is 1.10. The van der Waals surface area contributed by atoms with Crippen molar-refractivity contribution in [3.63, 3.8) is 0 Å². The zero-order chi connectivity index (χ0) is 11.1. The zero-order valence-electron chi connectivity index (χ0n) is 9.19. The van der Waals surface area contributed by atoms with E-state index < -0.39 is 0 Å². The van der Waals surface area contributed by atoms with E-state index in [-0.39, 0.29) is 5.91 Å². The molecule has 15 heavy (non-hydrogen) atoms. The molecule has 0 aliphatic carbocycles. The lowest BCUT2D eigenvalue weighted by Crippen LogP contribution is -2.21. The van der Waals surface area contributed by atoms with Gasteiger partial charge in [-0.1, -0.05) is 12.1 Å². The molecule has 0 spiro atoms. The molecule has 1 aromatic carbocycles. The molecule has 0 aromatic heterocycles. The van der Waals surface area contributed by atoms with Crippen LogP contribution in [-0.2, 0) is 4.79 Å². The van der Waals surface area contributed by atoms with Crippen molar-refractivity contribution in [2.75, 3.05) is 20.7 Å². The summed E-state index contributed by atoms with van der Waals surface area (Å²) in [5.41, 5.74) is 0. The Labute approximate surface area is 90.7 Å². The lowest BCUT2D eigenvalue weighted by Gasteiger charge is -2.10. The Morgan fingerprint density at radius 1 is 1.53 bits per heavy atom. The van der Waals surface area contributed by atoms with E-state index >= 15 is 0 Å². The van der Waals surface area contributed by atoms with Gasteiger partial charge >= 0.3 is 0 Å². The number of nitrogens with zero attached hydrogens (tertiary/aromatic N) is 1. The molecule has 0 saturated heterocycles. The number of hydrogen-bond acceptors (Lipinski definition) is 2. The van der Waals surface area contributed by atoms with Crippen molar-refractivity contribution in [3.05, 3.63) is 30.3 Å². The van der Waals surface area contributed by atoms with Crippen LogP contribution in [0.5, 0.6) is 5.75 Å². The van der Waals surface area contributed by atoms with Gasteiger partial charge < -0.3 is 9.64 Å². The van der Waals surface area contributed by atoms with Crippen molar-refractivity contribution in [2.45, 2.75) is 12.8 Å². The van der Waals surface area contributed by atoms with Crippen LogP contribution in [0, 0.1) is 6.07 Å². The third kappa shape index (κ3) is 4.49. The van der Waals surface area contributed by atoms with Crippen LogP contribution in [0.4, 0.5) is 0 Å². The third-order valence-electron chi connectivity index (χ3n) is 1.98. The fraction of sp³-hybridized carbons (Fsp3) is 0.417. The van der Waals surface area contributed by atoms with Gasteiger partial charge in [0.15, 0.2) is 0 Å². The zero-order valence-corrected chi connectivity index (χ0v) is 9.19. The highest BCUT2D eigenvalue weighted by Gasteiger charge is 2.02. The number of carbonyl (C=O) groups excluding carboxylic acids is 1. The van der Waals surface area contributed by atoms with Crippen molar-refractivity contribution in [1.29, 1.82) is 0 Å². The van der Waals surface area contributed by atoms with Crippen LogP contribution in [0.25, 0.3) is 0 Å². The van der Waals surface area contributed by atoms with E-state index in [2.05, 4.69) is 6.07 Å². The maximum Gasteiger partial charge on any atom is 0.222 e. The van der Waals surface area contributed by atoms with Gasteiger partial charge in [0.1, 0.15) is 5.75 Å². The average Bonchev–Trinajstić information content (AvgIpc) is 2.25. The molecule has 0 unspecified atom stereocenters. The van der Waals surface area contributed by atoms with E-state index in [9.17, 15) is 4.79 Å². The Hall–Kier alpha value is -1.51. The molecule has 0 aliphatic rings. The van der Waals surface area contributed by atoms with Crippen molar-refractivity contribution in [2.24, 2.45) is 0 Å².